The number of fused-ring (bicyclic) bond motifs is 1. The predicted octanol–water partition coefficient (Wildman–Crippen LogP) is 5.29. The van der Waals surface area contributed by atoms with E-state index in [1.165, 1.54) is 6.07 Å². The molecule has 0 N–H and O–H groups in total. The van der Waals surface area contributed by atoms with Crippen molar-refractivity contribution in [2.75, 3.05) is 9.96 Å². The summed E-state index contributed by atoms with van der Waals surface area (Å²) >= 11 is 9.28. The third-order valence-electron chi connectivity index (χ3n) is 5.48. The molecule has 3 aromatic carbocycles. The van der Waals surface area contributed by atoms with Crippen LogP contribution in [0.15, 0.2) is 77.3 Å². The summed E-state index contributed by atoms with van der Waals surface area (Å²) in [5.41, 5.74) is 1.74. The van der Waals surface area contributed by atoms with E-state index in [-0.39, 0.29) is 10.4 Å². The molecule has 5 rings (SSSR count). The van der Waals surface area contributed by atoms with Crippen LogP contribution in [0.2, 0.25) is 5.02 Å². The molecule has 2 amide bonds. The van der Waals surface area contributed by atoms with Gasteiger partial charge in [0.25, 0.3) is 5.91 Å². The molecule has 156 valence electrons. The van der Waals surface area contributed by atoms with Crippen molar-refractivity contribution >= 4 is 50.7 Å². The molecule has 0 saturated carbocycles. The minimum atomic E-state index is -1.000. The Bertz CT molecular complexity index is 1190. The van der Waals surface area contributed by atoms with Crippen molar-refractivity contribution in [2.24, 2.45) is 5.92 Å². The fourth-order valence-electron chi connectivity index (χ4n) is 4.12. The molecule has 5 nitrogen and oxygen atoms in total. The highest BCUT2D eigenvalue weighted by atomic mass is 79.9. The smallest absolute Gasteiger partial charge is 0.266 e. The van der Waals surface area contributed by atoms with Gasteiger partial charge in [-0.05, 0) is 64.0 Å². The van der Waals surface area contributed by atoms with Crippen molar-refractivity contribution in [3.8, 4) is 0 Å². The van der Waals surface area contributed by atoms with Gasteiger partial charge in [-0.25, -0.2) is 14.4 Å². The minimum absolute atomic E-state index is 0.268. The number of carbonyl (C=O) groups excluding carboxylic acids is 2. The molecule has 0 aliphatic carbocycles. The van der Waals surface area contributed by atoms with Gasteiger partial charge in [0.2, 0.25) is 5.91 Å². The molecule has 2 aliphatic heterocycles. The Kier molecular flexibility index (Phi) is 5.04. The van der Waals surface area contributed by atoms with Gasteiger partial charge in [-0.2, -0.15) is 0 Å². The zero-order valence-electron chi connectivity index (χ0n) is 15.9. The summed E-state index contributed by atoms with van der Waals surface area (Å²) in [5.74, 6) is -2.06. The van der Waals surface area contributed by atoms with E-state index in [4.69, 9.17) is 16.4 Å². The van der Waals surface area contributed by atoms with Gasteiger partial charge in [-0.15, -0.1) is 0 Å². The zero-order valence-corrected chi connectivity index (χ0v) is 18.3. The van der Waals surface area contributed by atoms with Crippen LogP contribution in [0.25, 0.3) is 0 Å². The molecule has 31 heavy (non-hydrogen) atoms. The Morgan fingerprint density at radius 2 is 1.65 bits per heavy atom. The number of para-hydroxylation sites is 1. The molecular formula is C23H15BrClFN2O3. The standard InChI is InChI=1S/C23H15BrClFN2O3/c24-17-11-13(9-10-18(17)26)20-19-21(31-28(20)15-6-2-1-3-7-15)23(30)27(22(19)29)16-8-4-5-14(25)12-16/h1-12,19-21H/t19-,20+,21-/m0/s1. The number of rotatable bonds is 3. The van der Waals surface area contributed by atoms with E-state index in [1.807, 2.05) is 30.3 Å². The lowest BCUT2D eigenvalue weighted by Crippen LogP contribution is -2.37. The molecule has 0 aromatic heterocycles. The molecule has 2 aliphatic rings. The molecule has 3 aromatic rings. The second-order valence-corrected chi connectivity index (χ2v) is 8.61. The van der Waals surface area contributed by atoms with Crippen molar-refractivity contribution in [2.45, 2.75) is 12.1 Å². The van der Waals surface area contributed by atoms with Gasteiger partial charge in [0.1, 0.15) is 11.7 Å². The van der Waals surface area contributed by atoms with Gasteiger partial charge in [0.15, 0.2) is 6.10 Å². The molecule has 0 spiro atoms. The highest BCUT2D eigenvalue weighted by Gasteiger charge is 2.60. The number of anilines is 2. The number of amides is 2. The first-order valence-corrected chi connectivity index (χ1v) is 10.7. The first-order valence-electron chi connectivity index (χ1n) is 9.55. The number of carbonyl (C=O) groups is 2. The minimum Gasteiger partial charge on any atom is -0.273 e. The van der Waals surface area contributed by atoms with E-state index in [0.29, 0.717) is 22.0 Å². The molecule has 3 atom stereocenters. The number of imide groups is 1. The maximum atomic E-state index is 13.9. The molecular weight excluding hydrogens is 487 g/mol. The van der Waals surface area contributed by atoms with Crippen LogP contribution in [0.3, 0.4) is 0 Å². The average molecular weight is 502 g/mol. The summed E-state index contributed by atoms with van der Waals surface area (Å²) in [4.78, 5) is 33.9. The Hall–Kier alpha value is -2.74. The number of hydrogen-bond acceptors (Lipinski definition) is 4. The second-order valence-electron chi connectivity index (χ2n) is 7.32. The number of benzene rings is 3. The zero-order chi connectivity index (χ0) is 21.7. The summed E-state index contributed by atoms with van der Waals surface area (Å²) in [5, 5.41) is 1.99. The highest BCUT2D eigenvalue weighted by Crippen LogP contribution is 2.48. The Balaban J connectivity index is 1.61. The van der Waals surface area contributed by atoms with Crippen LogP contribution >= 0.6 is 27.5 Å². The number of halogens is 3. The Labute approximate surface area is 191 Å². The third kappa shape index (κ3) is 3.33. The summed E-state index contributed by atoms with van der Waals surface area (Å²) < 4.78 is 14.2. The third-order valence-corrected chi connectivity index (χ3v) is 6.32. The van der Waals surface area contributed by atoms with Crippen LogP contribution < -0.4 is 9.96 Å². The number of hydroxylamine groups is 1. The predicted molar refractivity (Wildman–Crippen MR) is 118 cm³/mol. The van der Waals surface area contributed by atoms with Crippen molar-refractivity contribution in [3.63, 3.8) is 0 Å². The Morgan fingerprint density at radius 1 is 0.903 bits per heavy atom. The topological polar surface area (TPSA) is 49.9 Å². The van der Waals surface area contributed by atoms with Gasteiger partial charge >= 0.3 is 0 Å². The maximum Gasteiger partial charge on any atom is 0.266 e. The van der Waals surface area contributed by atoms with Gasteiger partial charge in [-0.3, -0.25) is 14.4 Å². The van der Waals surface area contributed by atoms with E-state index >= 15 is 0 Å². The van der Waals surface area contributed by atoms with Crippen LogP contribution in [0.4, 0.5) is 15.8 Å². The first kappa shape index (κ1) is 20.2. The van der Waals surface area contributed by atoms with E-state index in [2.05, 4.69) is 15.9 Å². The normalized spacial score (nSPS) is 22.9. The lowest BCUT2D eigenvalue weighted by atomic mass is 9.90. The van der Waals surface area contributed by atoms with Gasteiger partial charge in [-0.1, -0.05) is 41.9 Å². The van der Waals surface area contributed by atoms with Crippen molar-refractivity contribution in [1.29, 1.82) is 0 Å². The summed E-state index contributed by atoms with van der Waals surface area (Å²) in [7, 11) is 0. The van der Waals surface area contributed by atoms with Gasteiger partial charge < -0.3 is 0 Å². The van der Waals surface area contributed by atoms with Gasteiger partial charge in [0, 0.05) is 5.02 Å². The molecule has 0 unspecified atom stereocenters. The lowest BCUT2D eigenvalue weighted by Gasteiger charge is -2.29. The summed E-state index contributed by atoms with van der Waals surface area (Å²) in [6.45, 7) is 0. The quantitative estimate of drug-likeness (QED) is 0.458. The largest absolute Gasteiger partial charge is 0.273 e. The molecule has 2 heterocycles. The maximum absolute atomic E-state index is 13.9. The molecule has 0 radical (unpaired) electrons. The highest BCUT2D eigenvalue weighted by molar-refractivity contribution is 9.10. The van der Waals surface area contributed by atoms with Crippen LogP contribution in [0.5, 0.6) is 0 Å². The van der Waals surface area contributed by atoms with Crippen molar-refractivity contribution in [3.05, 3.63) is 93.7 Å². The van der Waals surface area contributed by atoms with Crippen LogP contribution in [0.1, 0.15) is 11.6 Å². The summed E-state index contributed by atoms with van der Waals surface area (Å²) in [6, 6.07) is 19.7. The molecule has 8 heteroatoms. The first-order chi connectivity index (χ1) is 15.0. The van der Waals surface area contributed by atoms with E-state index in [9.17, 15) is 14.0 Å². The number of nitrogens with zero attached hydrogens (tertiary/aromatic N) is 2. The van der Waals surface area contributed by atoms with E-state index in [1.54, 1.807) is 41.5 Å². The molecule has 2 fully saturated rings. The monoisotopic (exact) mass is 500 g/mol. The number of hydrogen-bond donors (Lipinski definition) is 0. The molecule has 2 saturated heterocycles. The fourth-order valence-corrected chi connectivity index (χ4v) is 4.70. The Morgan fingerprint density at radius 3 is 2.35 bits per heavy atom. The fraction of sp³-hybridized carbons (Fsp3) is 0.130. The second kappa shape index (κ2) is 7.75. The SMILES string of the molecule is O=C1[C@@H]2[C@H](ON(c3ccccc3)[C@@H]2c2ccc(F)c(Br)c2)C(=O)N1c1cccc(Cl)c1. The van der Waals surface area contributed by atoms with E-state index < -0.39 is 29.8 Å². The van der Waals surface area contributed by atoms with Crippen molar-refractivity contribution in [1.82, 2.24) is 0 Å². The average Bonchev–Trinajstić information content (AvgIpc) is 3.27. The van der Waals surface area contributed by atoms with Gasteiger partial charge in [0.05, 0.1) is 21.9 Å². The lowest BCUT2D eigenvalue weighted by molar-refractivity contribution is -0.126. The summed E-state index contributed by atoms with van der Waals surface area (Å²) in [6.07, 6.45) is -1.000. The van der Waals surface area contributed by atoms with Crippen molar-refractivity contribution < 1.29 is 18.8 Å². The molecule has 0 bridgehead atoms. The van der Waals surface area contributed by atoms with Crippen LogP contribution in [0, 0.1) is 11.7 Å². The van der Waals surface area contributed by atoms with Crippen LogP contribution in [-0.4, -0.2) is 17.9 Å². The van der Waals surface area contributed by atoms with Crippen LogP contribution in [-0.2, 0) is 14.4 Å². The van der Waals surface area contributed by atoms with E-state index in [0.717, 1.165) is 4.90 Å².